The van der Waals surface area contributed by atoms with Gasteiger partial charge in [-0.25, -0.2) is 4.79 Å². The molecule has 0 radical (unpaired) electrons. The van der Waals surface area contributed by atoms with E-state index >= 15 is 0 Å². The molecule has 0 aromatic carbocycles. The van der Waals surface area contributed by atoms with Crippen molar-refractivity contribution >= 4 is 12.1 Å². The Bertz CT molecular complexity index is 359. The van der Waals surface area contributed by atoms with Crippen molar-refractivity contribution in [2.45, 2.75) is 65.5 Å². The lowest BCUT2D eigenvalue weighted by Crippen LogP contribution is -2.48. The zero-order valence-corrected chi connectivity index (χ0v) is 13.1. The molecule has 5 heteroatoms. The molecule has 0 spiro atoms. The van der Waals surface area contributed by atoms with E-state index in [-0.39, 0.29) is 12.0 Å². The van der Waals surface area contributed by atoms with Gasteiger partial charge in [-0.3, -0.25) is 4.79 Å². The van der Waals surface area contributed by atoms with Crippen LogP contribution in [0.3, 0.4) is 0 Å². The molecule has 20 heavy (non-hydrogen) atoms. The topological polar surface area (TPSA) is 75.6 Å². The molecule has 1 aliphatic carbocycles. The predicted octanol–water partition coefficient (Wildman–Crippen LogP) is 3.04. The minimum atomic E-state index is -0.775. The molecular formula is C15H27NO4. The highest BCUT2D eigenvalue weighted by molar-refractivity contribution is 5.71. The van der Waals surface area contributed by atoms with Crippen LogP contribution in [0.15, 0.2) is 0 Å². The quantitative estimate of drug-likeness (QED) is 0.835. The molecule has 1 fully saturated rings. The van der Waals surface area contributed by atoms with E-state index in [4.69, 9.17) is 9.84 Å². The Labute approximate surface area is 121 Å². The monoisotopic (exact) mass is 285 g/mol. The molecule has 0 aromatic rings. The number of rotatable bonds is 3. The first-order valence-electron chi connectivity index (χ1n) is 7.32. The van der Waals surface area contributed by atoms with Crippen molar-refractivity contribution in [2.75, 3.05) is 0 Å². The average Bonchev–Trinajstić information content (AvgIpc) is 2.25. The Hall–Kier alpha value is -1.26. The van der Waals surface area contributed by atoms with Gasteiger partial charge >= 0.3 is 12.1 Å². The molecule has 1 rings (SSSR count). The number of hydrogen-bond donors (Lipinski definition) is 2. The Balaban J connectivity index is 2.69. The van der Waals surface area contributed by atoms with E-state index < -0.39 is 17.7 Å². The van der Waals surface area contributed by atoms with Gasteiger partial charge in [-0.1, -0.05) is 13.8 Å². The van der Waals surface area contributed by atoms with E-state index in [1.165, 1.54) is 0 Å². The number of aliphatic carboxylic acids is 1. The number of hydrogen-bond acceptors (Lipinski definition) is 3. The third kappa shape index (κ3) is 5.02. The first-order chi connectivity index (χ1) is 9.10. The van der Waals surface area contributed by atoms with Gasteiger partial charge in [0.15, 0.2) is 0 Å². The fourth-order valence-corrected chi connectivity index (χ4v) is 2.84. The number of amides is 1. The fraction of sp³-hybridized carbons (Fsp3) is 0.867. The zero-order valence-electron chi connectivity index (χ0n) is 13.1. The summed E-state index contributed by atoms with van der Waals surface area (Å²) in [5, 5.41) is 12.0. The van der Waals surface area contributed by atoms with E-state index in [1.807, 2.05) is 20.8 Å². The van der Waals surface area contributed by atoms with Crippen LogP contribution in [0.4, 0.5) is 4.79 Å². The summed E-state index contributed by atoms with van der Waals surface area (Å²) in [5.74, 6) is -0.434. The van der Waals surface area contributed by atoms with Crippen molar-refractivity contribution in [1.82, 2.24) is 5.32 Å². The molecule has 2 N–H and O–H groups in total. The normalized spacial score (nSPS) is 27.2. The van der Waals surface area contributed by atoms with E-state index in [0.717, 1.165) is 6.42 Å². The molecule has 1 aliphatic rings. The Morgan fingerprint density at radius 1 is 1.25 bits per heavy atom. The van der Waals surface area contributed by atoms with E-state index in [9.17, 15) is 9.59 Å². The number of carbonyl (C=O) groups excluding carboxylic acids is 1. The second-order valence-electron chi connectivity index (χ2n) is 7.01. The van der Waals surface area contributed by atoms with Crippen LogP contribution in [0.1, 0.15) is 53.9 Å². The molecule has 0 aliphatic heterocycles. The molecule has 5 nitrogen and oxygen atoms in total. The number of nitrogens with one attached hydrogen (secondary N) is 1. The van der Waals surface area contributed by atoms with E-state index in [1.54, 1.807) is 0 Å². The fourth-order valence-electron chi connectivity index (χ4n) is 2.84. The molecule has 116 valence electrons. The summed E-state index contributed by atoms with van der Waals surface area (Å²) >= 11 is 0. The van der Waals surface area contributed by atoms with Crippen molar-refractivity contribution in [3.8, 4) is 0 Å². The van der Waals surface area contributed by atoms with Gasteiger partial charge in [0.2, 0.25) is 0 Å². The molecule has 0 aromatic heterocycles. The molecule has 0 heterocycles. The van der Waals surface area contributed by atoms with Crippen LogP contribution < -0.4 is 5.32 Å². The van der Waals surface area contributed by atoms with E-state index in [2.05, 4.69) is 19.2 Å². The van der Waals surface area contributed by atoms with Crippen LogP contribution >= 0.6 is 0 Å². The number of carbonyl (C=O) groups is 2. The summed E-state index contributed by atoms with van der Waals surface area (Å²) in [7, 11) is 0. The first-order valence-corrected chi connectivity index (χ1v) is 7.32. The Morgan fingerprint density at radius 3 is 2.30 bits per heavy atom. The SMILES string of the molecule is CC(C)[C@H]1CC[C@H](C(=O)O)C[C@H]1NC(=O)OC(C)(C)C. The Kier molecular flexibility index (Phi) is 5.42. The minimum absolute atomic E-state index is 0.125. The van der Waals surface area contributed by atoms with Gasteiger partial charge in [0.05, 0.1) is 5.92 Å². The van der Waals surface area contributed by atoms with Gasteiger partial charge in [0.25, 0.3) is 0 Å². The third-order valence-corrected chi connectivity index (χ3v) is 3.81. The van der Waals surface area contributed by atoms with Crippen LogP contribution in [0, 0.1) is 17.8 Å². The van der Waals surface area contributed by atoms with Crippen molar-refractivity contribution in [1.29, 1.82) is 0 Å². The van der Waals surface area contributed by atoms with Gasteiger partial charge in [-0.2, -0.15) is 0 Å². The van der Waals surface area contributed by atoms with Crippen LogP contribution in [0.25, 0.3) is 0 Å². The highest BCUT2D eigenvalue weighted by Gasteiger charge is 2.36. The molecule has 3 atom stereocenters. The summed E-state index contributed by atoms with van der Waals surface area (Å²) in [6.07, 6.45) is 1.54. The smallest absolute Gasteiger partial charge is 0.407 e. The van der Waals surface area contributed by atoms with Crippen LogP contribution in [0.5, 0.6) is 0 Å². The number of alkyl carbamates (subject to hydrolysis) is 1. The summed E-state index contributed by atoms with van der Waals surface area (Å²) in [6, 6.07) is -0.125. The maximum atomic E-state index is 11.9. The lowest BCUT2D eigenvalue weighted by molar-refractivity contribution is -0.143. The second kappa shape index (κ2) is 6.46. The summed E-state index contributed by atoms with van der Waals surface area (Å²) in [6.45, 7) is 9.65. The molecule has 0 saturated heterocycles. The maximum Gasteiger partial charge on any atom is 0.407 e. The largest absolute Gasteiger partial charge is 0.481 e. The highest BCUT2D eigenvalue weighted by atomic mass is 16.6. The molecular weight excluding hydrogens is 258 g/mol. The molecule has 1 amide bonds. The minimum Gasteiger partial charge on any atom is -0.481 e. The predicted molar refractivity (Wildman–Crippen MR) is 76.5 cm³/mol. The third-order valence-electron chi connectivity index (χ3n) is 3.81. The summed E-state index contributed by atoms with van der Waals surface area (Å²) in [4.78, 5) is 23.0. The lowest BCUT2D eigenvalue weighted by Gasteiger charge is -2.37. The first kappa shape index (κ1) is 16.8. The van der Waals surface area contributed by atoms with Crippen LogP contribution in [-0.2, 0) is 9.53 Å². The van der Waals surface area contributed by atoms with Gasteiger partial charge in [-0.15, -0.1) is 0 Å². The molecule has 0 bridgehead atoms. The van der Waals surface area contributed by atoms with Crippen molar-refractivity contribution in [2.24, 2.45) is 17.8 Å². The van der Waals surface area contributed by atoms with Crippen LogP contribution in [-0.4, -0.2) is 28.8 Å². The number of carboxylic acids is 1. The van der Waals surface area contributed by atoms with E-state index in [0.29, 0.717) is 24.7 Å². The molecule has 1 saturated carbocycles. The summed E-state index contributed by atoms with van der Waals surface area (Å²) < 4.78 is 5.27. The number of ether oxygens (including phenoxy) is 1. The van der Waals surface area contributed by atoms with Crippen molar-refractivity contribution in [3.05, 3.63) is 0 Å². The molecule has 0 unspecified atom stereocenters. The van der Waals surface area contributed by atoms with Gasteiger partial charge in [-0.05, 0) is 51.9 Å². The lowest BCUT2D eigenvalue weighted by atomic mass is 9.73. The second-order valence-corrected chi connectivity index (χ2v) is 7.01. The van der Waals surface area contributed by atoms with Gasteiger partial charge < -0.3 is 15.2 Å². The standard InChI is InChI=1S/C15H27NO4/c1-9(2)11-7-6-10(13(17)18)8-12(11)16-14(19)20-15(3,4)5/h9-12H,6-8H2,1-5H3,(H,16,19)(H,17,18)/t10-,11+,12+/m0/s1. The number of carboxylic acid groups (broad SMARTS) is 1. The summed E-state index contributed by atoms with van der Waals surface area (Å²) in [5.41, 5.74) is -0.543. The highest BCUT2D eigenvalue weighted by Crippen LogP contribution is 2.34. The maximum absolute atomic E-state index is 11.9. The van der Waals surface area contributed by atoms with Crippen LogP contribution in [0.2, 0.25) is 0 Å². The average molecular weight is 285 g/mol. The van der Waals surface area contributed by atoms with Crippen molar-refractivity contribution in [3.63, 3.8) is 0 Å². The van der Waals surface area contributed by atoms with Gasteiger partial charge in [0, 0.05) is 6.04 Å². The van der Waals surface area contributed by atoms with Gasteiger partial charge in [0.1, 0.15) is 5.60 Å². The van der Waals surface area contributed by atoms with Crippen molar-refractivity contribution < 1.29 is 19.4 Å². The zero-order chi connectivity index (χ0) is 15.5. The Morgan fingerprint density at radius 2 is 1.85 bits per heavy atom.